The van der Waals surface area contributed by atoms with Crippen LogP contribution in [0.15, 0.2) is 42.5 Å². The molecule has 0 aliphatic rings. The molecule has 1 unspecified atom stereocenters. The number of nitrogens with one attached hydrogen (secondary N) is 1. The predicted octanol–water partition coefficient (Wildman–Crippen LogP) is 4.45. The van der Waals surface area contributed by atoms with Gasteiger partial charge in [-0.25, -0.2) is 8.78 Å². The van der Waals surface area contributed by atoms with Crippen LogP contribution in [0.4, 0.5) is 14.5 Å². The van der Waals surface area contributed by atoms with Crippen LogP contribution >= 0.6 is 0 Å². The van der Waals surface area contributed by atoms with Crippen molar-refractivity contribution in [2.75, 3.05) is 5.32 Å². The lowest BCUT2D eigenvalue weighted by atomic mass is 10.1. The molecule has 1 nitrogen and oxygen atoms in total. The van der Waals surface area contributed by atoms with Gasteiger partial charge in [0.1, 0.15) is 11.6 Å². The Labute approximate surface area is 105 Å². The fourth-order valence-electron chi connectivity index (χ4n) is 1.82. The van der Waals surface area contributed by atoms with E-state index in [1.807, 2.05) is 37.3 Å². The Morgan fingerprint density at radius 1 is 1.00 bits per heavy atom. The van der Waals surface area contributed by atoms with Gasteiger partial charge in [-0.05, 0) is 31.0 Å². The van der Waals surface area contributed by atoms with Crippen LogP contribution in [0.25, 0.3) is 0 Å². The van der Waals surface area contributed by atoms with Gasteiger partial charge in [-0.15, -0.1) is 0 Å². The molecule has 2 rings (SSSR count). The molecule has 0 aliphatic heterocycles. The van der Waals surface area contributed by atoms with E-state index in [0.717, 1.165) is 5.56 Å². The molecule has 0 spiro atoms. The van der Waals surface area contributed by atoms with Crippen LogP contribution in [0.2, 0.25) is 0 Å². The van der Waals surface area contributed by atoms with Gasteiger partial charge in [0.15, 0.2) is 0 Å². The van der Waals surface area contributed by atoms with E-state index in [-0.39, 0.29) is 11.7 Å². The summed E-state index contributed by atoms with van der Waals surface area (Å²) in [6, 6.07) is 12.0. The molecule has 0 aromatic heterocycles. The lowest BCUT2D eigenvalue weighted by Gasteiger charge is -2.16. The van der Waals surface area contributed by atoms with Crippen LogP contribution in [0.5, 0.6) is 0 Å². The van der Waals surface area contributed by atoms with Gasteiger partial charge in [-0.3, -0.25) is 0 Å². The summed E-state index contributed by atoms with van der Waals surface area (Å²) in [5.41, 5.74) is 1.53. The molecule has 2 aromatic rings. The molecular formula is C15H15F2N. The van der Waals surface area contributed by atoms with E-state index in [1.54, 1.807) is 6.92 Å². The molecule has 0 radical (unpaired) electrons. The summed E-state index contributed by atoms with van der Waals surface area (Å²) < 4.78 is 27.1. The molecule has 0 aliphatic carbocycles. The first-order chi connectivity index (χ1) is 8.58. The molecule has 94 valence electrons. The molecule has 0 saturated heterocycles. The third-order valence-corrected chi connectivity index (χ3v) is 2.92. The average Bonchev–Trinajstić information content (AvgIpc) is 2.37. The molecule has 0 amide bonds. The van der Waals surface area contributed by atoms with E-state index in [2.05, 4.69) is 5.32 Å². The number of aryl methyl sites for hydroxylation is 1. The third kappa shape index (κ3) is 2.67. The highest BCUT2D eigenvalue weighted by molar-refractivity contribution is 5.48. The van der Waals surface area contributed by atoms with Crippen molar-refractivity contribution in [3.8, 4) is 0 Å². The molecule has 0 saturated carbocycles. The molecule has 3 heteroatoms. The summed E-state index contributed by atoms with van der Waals surface area (Å²) in [6.07, 6.45) is 0. The zero-order chi connectivity index (χ0) is 13.1. The Balaban J connectivity index is 2.22. The monoisotopic (exact) mass is 247 g/mol. The Bertz CT molecular complexity index is 538. The quantitative estimate of drug-likeness (QED) is 0.845. The van der Waals surface area contributed by atoms with Crippen LogP contribution < -0.4 is 5.32 Å². The minimum atomic E-state index is -0.434. The summed E-state index contributed by atoms with van der Waals surface area (Å²) >= 11 is 0. The maximum absolute atomic E-state index is 13.7. The standard InChI is InChI=1S/C15H15F2N/c1-10-8-14(17)15(9-13(10)16)18-11(2)12-6-4-3-5-7-12/h3-9,11,18H,1-2H3. The van der Waals surface area contributed by atoms with Gasteiger partial charge in [-0.2, -0.15) is 0 Å². The maximum Gasteiger partial charge on any atom is 0.146 e. The van der Waals surface area contributed by atoms with Crippen molar-refractivity contribution < 1.29 is 8.78 Å². The van der Waals surface area contributed by atoms with Gasteiger partial charge in [-0.1, -0.05) is 30.3 Å². The number of benzene rings is 2. The molecule has 1 atom stereocenters. The second-order valence-corrected chi connectivity index (χ2v) is 4.36. The predicted molar refractivity (Wildman–Crippen MR) is 69.6 cm³/mol. The SMILES string of the molecule is Cc1cc(F)c(NC(C)c2ccccc2)cc1F. The Morgan fingerprint density at radius 3 is 2.33 bits per heavy atom. The molecule has 0 heterocycles. The molecule has 0 bridgehead atoms. The highest BCUT2D eigenvalue weighted by Gasteiger charge is 2.10. The number of hydrogen-bond acceptors (Lipinski definition) is 1. The summed E-state index contributed by atoms with van der Waals surface area (Å²) in [7, 11) is 0. The molecule has 18 heavy (non-hydrogen) atoms. The fourth-order valence-corrected chi connectivity index (χ4v) is 1.82. The maximum atomic E-state index is 13.7. The number of halogens is 2. The lowest BCUT2D eigenvalue weighted by Crippen LogP contribution is -2.08. The Morgan fingerprint density at radius 2 is 1.67 bits per heavy atom. The minimum absolute atomic E-state index is 0.0807. The number of hydrogen-bond donors (Lipinski definition) is 1. The summed E-state index contributed by atoms with van der Waals surface area (Å²) in [6.45, 7) is 3.45. The zero-order valence-electron chi connectivity index (χ0n) is 10.4. The summed E-state index contributed by atoms with van der Waals surface area (Å²) in [5.74, 6) is -0.837. The van der Waals surface area contributed by atoms with Crippen molar-refractivity contribution in [3.05, 3.63) is 65.2 Å². The Kier molecular flexibility index (Phi) is 3.60. The van der Waals surface area contributed by atoms with Gasteiger partial charge in [0, 0.05) is 12.1 Å². The van der Waals surface area contributed by atoms with E-state index < -0.39 is 11.6 Å². The van der Waals surface area contributed by atoms with Crippen molar-refractivity contribution in [1.82, 2.24) is 0 Å². The van der Waals surface area contributed by atoms with Crippen molar-refractivity contribution in [1.29, 1.82) is 0 Å². The van der Waals surface area contributed by atoms with Gasteiger partial charge >= 0.3 is 0 Å². The molecule has 2 aromatic carbocycles. The first-order valence-corrected chi connectivity index (χ1v) is 5.85. The van der Waals surface area contributed by atoms with Gasteiger partial charge < -0.3 is 5.32 Å². The molecule has 0 fully saturated rings. The highest BCUT2D eigenvalue weighted by Crippen LogP contribution is 2.23. The highest BCUT2D eigenvalue weighted by atomic mass is 19.1. The summed E-state index contributed by atoms with van der Waals surface area (Å²) in [5, 5.41) is 2.98. The zero-order valence-corrected chi connectivity index (χ0v) is 10.4. The van der Waals surface area contributed by atoms with Gasteiger partial charge in [0.25, 0.3) is 0 Å². The molecule has 1 N–H and O–H groups in total. The first kappa shape index (κ1) is 12.6. The largest absolute Gasteiger partial charge is 0.376 e. The van der Waals surface area contributed by atoms with E-state index in [4.69, 9.17) is 0 Å². The van der Waals surface area contributed by atoms with E-state index >= 15 is 0 Å². The third-order valence-electron chi connectivity index (χ3n) is 2.92. The normalized spacial score (nSPS) is 12.2. The van der Waals surface area contributed by atoms with Gasteiger partial charge in [0.2, 0.25) is 0 Å². The van der Waals surface area contributed by atoms with Crippen LogP contribution in [0, 0.1) is 18.6 Å². The minimum Gasteiger partial charge on any atom is -0.376 e. The second-order valence-electron chi connectivity index (χ2n) is 4.36. The molecular weight excluding hydrogens is 232 g/mol. The number of rotatable bonds is 3. The second kappa shape index (κ2) is 5.17. The van der Waals surface area contributed by atoms with Crippen molar-refractivity contribution in [2.45, 2.75) is 19.9 Å². The van der Waals surface area contributed by atoms with E-state index in [9.17, 15) is 8.78 Å². The van der Waals surface area contributed by atoms with Crippen molar-refractivity contribution in [2.24, 2.45) is 0 Å². The smallest absolute Gasteiger partial charge is 0.146 e. The van der Waals surface area contributed by atoms with Crippen LogP contribution in [0.3, 0.4) is 0 Å². The summed E-state index contributed by atoms with van der Waals surface area (Å²) in [4.78, 5) is 0. The van der Waals surface area contributed by atoms with Crippen LogP contribution in [-0.4, -0.2) is 0 Å². The van der Waals surface area contributed by atoms with Crippen LogP contribution in [-0.2, 0) is 0 Å². The number of anilines is 1. The topological polar surface area (TPSA) is 12.0 Å². The fraction of sp³-hybridized carbons (Fsp3) is 0.200. The Hall–Kier alpha value is -1.90. The average molecular weight is 247 g/mol. The van der Waals surface area contributed by atoms with Crippen molar-refractivity contribution in [3.63, 3.8) is 0 Å². The van der Waals surface area contributed by atoms with E-state index in [0.29, 0.717) is 5.56 Å². The van der Waals surface area contributed by atoms with Crippen molar-refractivity contribution >= 4 is 5.69 Å². The van der Waals surface area contributed by atoms with Gasteiger partial charge in [0.05, 0.1) is 5.69 Å². The first-order valence-electron chi connectivity index (χ1n) is 5.85. The lowest BCUT2D eigenvalue weighted by molar-refractivity contribution is 0.593. The van der Waals surface area contributed by atoms with E-state index in [1.165, 1.54) is 12.1 Å². The van der Waals surface area contributed by atoms with Crippen LogP contribution in [0.1, 0.15) is 24.1 Å².